The second kappa shape index (κ2) is 8.79. The summed E-state index contributed by atoms with van der Waals surface area (Å²) in [5.41, 5.74) is 3.21. The molecule has 2 aliphatic rings. The highest BCUT2D eigenvalue weighted by Gasteiger charge is 2.29. The third-order valence-electron chi connectivity index (χ3n) is 6.00. The number of fused-ring (bicyclic) bond motifs is 1. The lowest BCUT2D eigenvalue weighted by Gasteiger charge is -2.32. The van der Waals surface area contributed by atoms with Crippen LogP contribution in [0.15, 0.2) is 12.1 Å². The van der Waals surface area contributed by atoms with Crippen LogP contribution >= 0.6 is 11.5 Å². The lowest BCUT2D eigenvalue weighted by Crippen LogP contribution is -2.39. The number of Topliss-reactive ketones (excluding diaryl/α,β-unsaturated/α-hetero) is 1. The molecule has 0 bridgehead atoms. The Morgan fingerprint density at radius 2 is 2.17 bits per heavy atom. The molecule has 1 atom stereocenters. The Labute approximate surface area is 179 Å². The number of likely N-dealkylation sites (tertiary alicyclic amines) is 1. The molecule has 0 amide bonds. The lowest BCUT2D eigenvalue weighted by atomic mass is 9.90. The third kappa shape index (κ3) is 4.23. The van der Waals surface area contributed by atoms with Crippen LogP contribution in [0.25, 0.3) is 0 Å². The topological polar surface area (TPSA) is 102 Å². The van der Waals surface area contributed by atoms with E-state index in [1.165, 1.54) is 18.6 Å². The fourth-order valence-corrected chi connectivity index (χ4v) is 4.82. The second-order valence-electron chi connectivity index (χ2n) is 7.79. The average Bonchev–Trinajstić information content (AvgIpc) is 3.35. The van der Waals surface area contributed by atoms with Gasteiger partial charge < -0.3 is 19.5 Å². The van der Waals surface area contributed by atoms with Crippen LogP contribution in [0.4, 0.5) is 0 Å². The van der Waals surface area contributed by atoms with Gasteiger partial charge in [-0.3, -0.25) is 4.79 Å². The van der Waals surface area contributed by atoms with E-state index in [2.05, 4.69) is 14.3 Å². The van der Waals surface area contributed by atoms with Gasteiger partial charge in [-0.15, -0.1) is 4.37 Å². The van der Waals surface area contributed by atoms with Crippen LogP contribution in [-0.4, -0.2) is 57.9 Å². The smallest absolute Gasteiger partial charge is 0.338 e. The number of carbonyl (C=O) groups is 2. The second-order valence-corrected chi connectivity index (χ2v) is 8.63. The van der Waals surface area contributed by atoms with Crippen molar-refractivity contribution in [1.82, 2.24) is 14.3 Å². The summed E-state index contributed by atoms with van der Waals surface area (Å²) in [6, 6.07) is 3.87. The normalized spacial score (nSPS) is 18.2. The number of carbonyl (C=O) groups excluding carboxylic acids is 2. The maximum Gasteiger partial charge on any atom is 0.338 e. The summed E-state index contributed by atoms with van der Waals surface area (Å²) in [5.74, 6) is -0.0980. The van der Waals surface area contributed by atoms with Crippen LogP contribution < -0.4 is 4.74 Å². The van der Waals surface area contributed by atoms with Gasteiger partial charge in [-0.25, -0.2) is 4.79 Å². The summed E-state index contributed by atoms with van der Waals surface area (Å²) in [6.45, 7) is 4.22. The van der Waals surface area contributed by atoms with E-state index in [0.29, 0.717) is 29.5 Å². The number of ketones is 1. The molecule has 1 saturated heterocycles. The Hall–Kier alpha value is -2.36. The number of aliphatic hydroxyl groups excluding tert-OH is 1. The zero-order valence-electron chi connectivity index (χ0n) is 17.1. The minimum atomic E-state index is -0.646. The van der Waals surface area contributed by atoms with Gasteiger partial charge in [-0.05, 0) is 61.6 Å². The number of ether oxygens (including phenoxy) is 2. The molecule has 0 saturated carbocycles. The highest BCUT2D eigenvalue weighted by atomic mass is 32.1. The molecule has 1 aromatic heterocycles. The number of aliphatic hydroxyl groups is 1. The van der Waals surface area contributed by atoms with Crippen molar-refractivity contribution in [2.24, 2.45) is 5.92 Å². The third-order valence-corrected chi connectivity index (χ3v) is 6.69. The van der Waals surface area contributed by atoms with Crippen LogP contribution in [0.3, 0.4) is 0 Å². The molecule has 9 heteroatoms. The van der Waals surface area contributed by atoms with Crippen molar-refractivity contribution in [1.29, 1.82) is 0 Å². The summed E-state index contributed by atoms with van der Waals surface area (Å²) in [5, 5.41) is 11.5. The number of piperidine rings is 1. The number of esters is 1. The van der Waals surface area contributed by atoms with E-state index in [0.717, 1.165) is 42.6 Å². The van der Waals surface area contributed by atoms with E-state index in [4.69, 9.17) is 9.47 Å². The predicted octanol–water partition coefficient (Wildman–Crippen LogP) is 2.08. The number of hydrogen-bond donors (Lipinski definition) is 1. The first-order valence-electron chi connectivity index (χ1n) is 10.1. The molecule has 0 aliphatic carbocycles. The molecule has 160 valence electrons. The zero-order valence-corrected chi connectivity index (χ0v) is 17.9. The molecule has 4 rings (SSSR count). The minimum absolute atomic E-state index is 0.0122. The Balaban J connectivity index is 1.30. The number of nitrogens with zero attached hydrogens (tertiary/aromatic N) is 3. The van der Waals surface area contributed by atoms with Gasteiger partial charge in [0.05, 0.1) is 25.2 Å². The quantitative estimate of drug-likeness (QED) is 0.665. The van der Waals surface area contributed by atoms with Gasteiger partial charge in [0, 0.05) is 18.0 Å². The fraction of sp³-hybridized carbons (Fsp3) is 0.524. The largest absolute Gasteiger partial charge is 0.466 e. The Kier molecular flexibility index (Phi) is 6.12. The van der Waals surface area contributed by atoms with Gasteiger partial charge in [0.25, 0.3) is 0 Å². The van der Waals surface area contributed by atoms with Crippen molar-refractivity contribution in [2.45, 2.75) is 38.9 Å². The number of β-amino-alcohol motifs (C(OH)–C–C–N with tert-alkyl or cyclic N) is 1. The standard InChI is InChI=1S/C21H25N3O5S/c1-12-14(3-4-15-16(12)11-29-20(15)27)18(26)10-24-7-5-13(6-8-24)17(25)9-19-22-21(28-2)23-30-19/h3-4,13,18,26H,5-11H2,1-2H3/t18-/m0/s1. The summed E-state index contributed by atoms with van der Waals surface area (Å²) >= 11 is 1.20. The number of hydrogen-bond acceptors (Lipinski definition) is 9. The summed E-state index contributed by atoms with van der Waals surface area (Å²) < 4.78 is 14.1. The van der Waals surface area contributed by atoms with Crippen LogP contribution in [0.5, 0.6) is 6.01 Å². The highest BCUT2D eigenvalue weighted by molar-refractivity contribution is 7.05. The fourth-order valence-electron chi connectivity index (χ4n) is 4.20. The van der Waals surface area contributed by atoms with Gasteiger partial charge in [-0.2, -0.15) is 4.98 Å². The molecular weight excluding hydrogens is 406 g/mol. The average molecular weight is 432 g/mol. The van der Waals surface area contributed by atoms with Crippen molar-refractivity contribution in [3.05, 3.63) is 39.4 Å². The summed E-state index contributed by atoms with van der Waals surface area (Å²) in [6.07, 6.45) is 1.19. The maximum atomic E-state index is 12.6. The molecule has 2 aromatic rings. The van der Waals surface area contributed by atoms with Crippen molar-refractivity contribution in [3.8, 4) is 6.01 Å². The Morgan fingerprint density at radius 1 is 1.40 bits per heavy atom. The van der Waals surface area contributed by atoms with Gasteiger partial charge in [0.1, 0.15) is 17.4 Å². The van der Waals surface area contributed by atoms with E-state index in [9.17, 15) is 14.7 Å². The van der Waals surface area contributed by atoms with Crippen molar-refractivity contribution in [2.75, 3.05) is 26.7 Å². The zero-order chi connectivity index (χ0) is 21.3. The van der Waals surface area contributed by atoms with E-state index in [1.807, 2.05) is 13.0 Å². The number of cyclic esters (lactones) is 1. The molecule has 1 aromatic carbocycles. The number of aromatic nitrogens is 2. The summed E-state index contributed by atoms with van der Waals surface area (Å²) in [4.78, 5) is 30.7. The molecule has 8 nitrogen and oxygen atoms in total. The molecule has 1 N–H and O–H groups in total. The van der Waals surface area contributed by atoms with Crippen molar-refractivity contribution in [3.63, 3.8) is 0 Å². The summed E-state index contributed by atoms with van der Waals surface area (Å²) in [7, 11) is 1.51. The first-order valence-corrected chi connectivity index (χ1v) is 10.8. The first kappa shape index (κ1) is 20.9. The van der Waals surface area contributed by atoms with Gasteiger partial charge in [-0.1, -0.05) is 6.07 Å². The minimum Gasteiger partial charge on any atom is -0.466 e. The van der Waals surface area contributed by atoms with E-state index in [1.54, 1.807) is 6.07 Å². The molecule has 1 fully saturated rings. The van der Waals surface area contributed by atoms with Gasteiger partial charge in [0.15, 0.2) is 0 Å². The molecule has 0 unspecified atom stereocenters. The monoisotopic (exact) mass is 431 g/mol. The molecule has 0 radical (unpaired) electrons. The maximum absolute atomic E-state index is 12.6. The lowest BCUT2D eigenvalue weighted by molar-refractivity contribution is -0.123. The van der Waals surface area contributed by atoms with Crippen molar-refractivity contribution >= 4 is 23.3 Å². The Morgan fingerprint density at radius 3 is 2.87 bits per heavy atom. The molecule has 0 spiro atoms. The number of rotatable bonds is 7. The van der Waals surface area contributed by atoms with E-state index < -0.39 is 6.10 Å². The first-order chi connectivity index (χ1) is 14.5. The van der Waals surface area contributed by atoms with Crippen molar-refractivity contribution < 1.29 is 24.2 Å². The molecule has 30 heavy (non-hydrogen) atoms. The number of benzene rings is 1. The Bertz CT molecular complexity index is 952. The molecule has 3 heterocycles. The van der Waals surface area contributed by atoms with Gasteiger partial charge in [0.2, 0.25) is 0 Å². The van der Waals surface area contributed by atoms with E-state index >= 15 is 0 Å². The SMILES string of the molecule is COc1nsc(CC(=O)C2CCN(C[C@H](O)c3ccc4c(c3C)COC4=O)CC2)n1. The molecular formula is C21H25N3O5S. The number of methoxy groups -OCH3 is 1. The predicted molar refractivity (Wildman–Crippen MR) is 110 cm³/mol. The molecule has 2 aliphatic heterocycles. The van der Waals surface area contributed by atoms with Gasteiger partial charge >= 0.3 is 12.0 Å². The van der Waals surface area contributed by atoms with Crippen LogP contribution in [-0.2, 0) is 22.6 Å². The van der Waals surface area contributed by atoms with Crippen LogP contribution in [0, 0.1) is 12.8 Å². The van der Waals surface area contributed by atoms with Crippen LogP contribution in [0.2, 0.25) is 0 Å². The van der Waals surface area contributed by atoms with E-state index in [-0.39, 0.29) is 24.3 Å². The van der Waals surface area contributed by atoms with Crippen LogP contribution in [0.1, 0.15) is 51.0 Å². The highest BCUT2D eigenvalue weighted by Crippen LogP contribution is 2.30.